The van der Waals surface area contributed by atoms with Crippen LogP contribution < -0.4 is 15.4 Å². The molecule has 0 radical (unpaired) electrons. The van der Waals surface area contributed by atoms with Gasteiger partial charge in [-0.05, 0) is 39.3 Å². The standard InChI is InChI=1S/C21H30N4O2S/c1-5-22-21(24-12-20-25-15(3)16(4)28-20)23-11-17-7-6-14(2)10-19(17)27-18-8-9-26-13-18/h6-7,10,18H,5,8-9,11-13H2,1-4H3,(H2,22,23,24). The second-order valence-electron chi connectivity index (χ2n) is 7.01. The van der Waals surface area contributed by atoms with Crippen LogP contribution in [-0.4, -0.2) is 36.8 Å². The maximum atomic E-state index is 6.18. The van der Waals surface area contributed by atoms with E-state index < -0.39 is 0 Å². The summed E-state index contributed by atoms with van der Waals surface area (Å²) >= 11 is 1.72. The van der Waals surface area contributed by atoms with Gasteiger partial charge in [-0.1, -0.05) is 12.1 Å². The summed E-state index contributed by atoms with van der Waals surface area (Å²) in [6, 6.07) is 6.29. The molecule has 0 bridgehead atoms. The molecule has 1 saturated heterocycles. The minimum absolute atomic E-state index is 0.132. The van der Waals surface area contributed by atoms with Crippen LogP contribution >= 0.6 is 11.3 Å². The van der Waals surface area contributed by atoms with Gasteiger partial charge in [-0.3, -0.25) is 0 Å². The molecular formula is C21H30N4O2S. The highest BCUT2D eigenvalue weighted by Gasteiger charge is 2.18. The van der Waals surface area contributed by atoms with Crippen molar-refractivity contribution in [3.05, 3.63) is 44.9 Å². The Bertz CT molecular complexity index is 793. The number of ether oxygens (including phenoxy) is 2. The second-order valence-corrected chi connectivity index (χ2v) is 8.30. The van der Waals surface area contributed by atoms with Crippen LogP contribution in [-0.2, 0) is 17.8 Å². The quantitative estimate of drug-likeness (QED) is 0.548. The topological polar surface area (TPSA) is 67.8 Å². The van der Waals surface area contributed by atoms with Crippen molar-refractivity contribution in [2.45, 2.75) is 53.3 Å². The van der Waals surface area contributed by atoms with Gasteiger partial charge in [0.05, 0.1) is 32.0 Å². The molecule has 0 saturated carbocycles. The number of benzene rings is 1. The van der Waals surface area contributed by atoms with E-state index in [2.05, 4.69) is 54.6 Å². The fourth-order valence-electron chi connectivity index (χ4n) is 2.97. The lowest BCUT2D eigenvalue weighted by Gasteiger charge is -2.16. The van der Waals surface area contributed by atoms with Crippen LogP contribution in [0.5, 0.6) is 5.75 Å². The van der Waals surface area contributed by atoms with Gasteiger partial charge in [-0.2, -0.15) is 0 Å². The van der Waals surface area contributed by atoms with Crippen molar-refractivity contribution in [2.75, 3.05) is 19.8 Å². The van der Waals surface area contributed by atoms with Crippen LogP contribution in [0, 0.1) is 20.8 Å². The Morgan fingerprint density at radius 3 is 2.86 bits per heavy atom. The van der Waals surface area contributed by atoms with Crippen LogP contribution in [0.2, 0.25) is 0 Å². The third kappa shape index (κ3) is 5.69. The van der Waals surface area contributed by atoms with Gasteiger partial charge in [0.15, 0.2) is 5.96 Å². The molecule has 6 nitrogen and oxygen atoms in total. The predicted molar refractivity (Wildman–Crippen MR) is 114 cm³/mol. The van der Waals surface area contributed by atoms with Gasteiger partial charge in [0, 0.05) is 23.4 Å². The molecule has 2 N–H and O–H groups in total. The molecule has 1 aliphatic rings. The van der Waals surface area contributed by atoms with E-state index in [4.69, 9.17) is 14.5 Å². The largest absolute Gasteiger partial charge is 0.488 e. The first-order chi connectivity index (χ1) is 13.5. The molecule has 1 fully saturated rings. The second kappa shape index (κ2) is 9.89. The molecule has 2 heterocycles. The number of rotatable bonds is 7. The van der Waals surface area contributed by atoms with E-state index >= 15 is 0 Å². The van der Waals surface area contributed by atoms with Gasteiger partial charge >= 0.3 is 0 Å². The Hall–Kier alpha value is -2.12. The summed E-state index contributed by atoms with van der Waals surface area (Å²) in [6.07, 6.45) is 1.07. The summed E-state index contributed by atoms with van der Waals surface area (Å²) in [7, 11) is 0. The van der Waals surface area contributed by atoms with Crippen molar-refractivity contribution in [3.63, 3.8) is 0 Å². The third-order valence-electron chi connectivity index (χ3n) is 4.64. The number of aryl methyl sites for hydroxylation is 3. The molecule has 0 aliphatic carbocycles. The van der Waals surface area contributed by atoms with Crippen LogP contribution in [0.15, 0.2) is 23.2 Å². The fraction of sp³-hybridized carbons (Fsp3) is 0.524. The number of guanidine groups is 1. The number of hydrogen-bond acceptors (Lipinski definition) is 5. The summed E-state index contributed by atoms with van der Waals surface area (Å²) in [5.74, 6) is 1.69. The van der Waals surface area contributed by atoms with Gasteiger partial charge in [0.25, 0.3) is 0 Å². The zero-order chi connectivity index (χ0) is 19.9. The summed E-state index contributed by atoms with van der Waals surface area (Å²) in [5, 5.41) is 7.75. The Morgan fingerprint density at radius 1 is 1.32 bits per heavy atom. The first-order valence-electron chi connectivity index (χ1n) is 9.84. The van der Waals surface area contributed by atoms with Crippen LogP contribution in [0.4, 0.5) is 0 Å². The van der Waals surface area contributed by atoms with Crippen LogP contribution in [0.1, 0.15) is 40.1 Å². The van der Waals surface area contributed by atoms with Crippen molar-refractivity contribution in [1.29, 1.82) is 0 Å². The normalized spacial score (nSPS) is 17.0. The van der Waals surface area contributed by atoms with Crippen LogP contribution in [0.3, 0.4) is 0 Å². The van der Waals surface area contributed by atoms with Crippen molar-refractivity contribution >= 4 is 17.3 Å². The Labute approximate surface area is 171 Å². The highest BCUT2D eigenvalue weighted by atomic mass is 32.1. The Balaban J connectivity index is 1.67. The number of hydrogen-bond donors (Lipinski definition) is 2. The molecule has 1 aromatic heterocycles. The lowest BCUT2D eigenvalue weighted by atomic mass is 10.1. The minimum atomic E-state index is 0.132. The summed E-state index contributed by atoms with van der Waals surface area (Å²) < 4.78 is 11.6. The predicted octanol–water partition coefficient (Wildman–Crippen LogP) is 3.49. The van der Waals surface area contributed by atoms with Crippen molar-refractivity contribution in [3.8, 4) is 5.75 Å². The van der Waals surface area contributed by atoms with Crippen molar-refractivity contribution < 1.29 is 9.47 Å². The van der Waals surface area contributed by atoms with Gasteiger partial charge in [0.2, 0.25) is 0 Å². The van der Waals surface area contributed by atoms with E-state index in [1.165, 1.54) is 10.4 Å². The number of thiazole rings is 1. The van der Waals surface area contributed by atoms with Gasteiger partial charge < -0.3 is 20.1 Å². The van der Waals surface area contributed by atoms with E-state index in [0.29, 0.717) is 19.7 Å². The van der Waals surface area contributed by atoms with E-state index in [1.807, 2.05) is 6.92 Å². The minimum Gasteiger partial charge on any atom is -0.488 e. The molecule has 28 heavy (non-hydrogen) atoms. The molecule has 3 rings (SSSR count). The molecule has 7 heteroatoms. The SMILES string of the molecule is CCNC(=NCc1ccc(C)cc1OC1CCOC1)NCc1nc(C)c(C)s1. The maximum Gasteiger partial charge on any atom is 0.191 e. The zero-order valence-electron chi connectivity index (χ0n) is 17.2. The molecule has 0 spiro atoms. The molecule has 1 atom stereocenters. The monoisotopic (exact) mass is 402 g/mol. The van der Waals surface area contributed by atoms with Crippen molar-refractivity contribution in [1.82, 2.24) is 15.6 Å². The Morgan fingerprint density at radius 2 is 2.18 bits per heavy atom. The van der Waals surface area contributed by atoms with E-state index in [1.54, 1.807) is 11.3 Å². The number of aromatic nitrogens is 1. The molecular weight excluding hydrogens is 372 g/mol. The highest BCUT2D eigenvalue weighted by molar-refractivity contribution is 7.11. The molecule has 152 valence electrons. The number of nitrogens with one attached hydrogen (secondary N) is 2. The Kier molecular flexibility index (Phi) is 7.28. The highest BCUT2D eigenvalue weighted by Crippen LogP contribution is 2.24. The maximum absolute atomic E-state index is 6.18. The fourth-order valence-corrected chi connectivity index (χ4v) is 3.84. The third-order valence-corrected chi connectivity index (χ3v) is 5.71. The van der Waals surface area contributed by atoms with E-state index in [9.17, 15) is 0 Å². The molecule has 1 unspecified atom stereocenters. The summed E-state index contributed by atoms with van der Waals surface area (Å²) in [4.78, 5) is 10.6. The molecule has 0 amide bonds. The average molecular weight is 403 g/mol. The summed E-state index contributed by atoms with van der Waals surface area (Å²) in [6.45, 7) is 11.7. The first kappa shape index (κ1) is 20.6. The first-order valence-corrected chi connectivity index (χ1v) is 10.7. The molecule has 1 aliphatic heterocycles. The van der Waals surface area contributed by atoms with Crippen LogP contribution in [0.25, 0.3) is 0 Å². The van der Waals surface area contributed by atoms with Gasteiger partial charge in [-0.15, -0.1) is 11.3 Å². The lowest BCUT2D eigenvalue weighted by molar-refractivity contribution is 0.140. The van der Waals surface area contributed by atoms with Gasteiger partial charge in [0.1, 0.15) is 16.9 Å². The summed E-state index contributed by atoms with van der Waals surface area (Å²) in [5.41, 5.74) is 3.36. The van der Waals surface area contributed by atoms with E-state index in [0.717, 1.165) is 47.5 Å². The number of aliphatic imine (C=N–C) groups is 1. The molecule has 1 aromatic carbocycles. The van der Waals surface area contributed by atoms with Crippen molar-refractivity contribution in [2.24, 2.45) is 4.99 Å². The van der Waals surface area contributed by atoms with Gasteiger partial charge in [-0.25, -0.2) is 9.98 Å². The molecule has 2 aromatic rings. The number of nitrogens with zero attached hydrogens (tertiary/aromatic N) is 2. The average Bonchev–Trinajstić information content (AvgIpc) is 3.28. The zero-order valence-corrected chi connectivity index (χ0v) is 18.0. The van der Waals surface area contributed by atoms with E-state index in [-0.39, 0.29) is 6.10 Å². The smallest absolute Gasteiger partial charge is 0.191 e. The lowest BCUT2D eigenvalue weighted by Crippen LogP contribution is -2.36.